The van der Waals surface area contributed by atoms with E-state index in [1.54, 1.807) is 0 Å². The van der Waals surface area contributed by atoms with Gasteiger partial charge in [-0.15, -0.1) is 0 Å². The van der Waals surface area contributed by atoms with Gasteiger partial charge in [-0.3, -0.25) is 0 Å². The zero-order chi connectivity index (χ0) is 10.8. The van der Waals surface area contributed by atoms with Crippen LogP contribution < -0.4 is 5.32 Å². The molecule has 92 valence electrons. The summed E-state index contributed by atoms with van der Waals surface area (Å²) in [6, 6.07) is 0.828. The summed E-state index contributed by atoms with van der Waals surface area (Å²) in [7, 11) is 0. The standard InChI is InChI=1S/C14H26N2/c1-2-12(1)5-8-15-14-6-9-16(10-7-14)11-13-3-4-13/h12-15H,1-11H2. The summed E-state index contributed by atoms with van der Waals surface area (Å²) in [4.78, 5) is 2.69. The molecule has 3 fully saturated rings. The molecule has 16 heavy (non-hydrogen) atoms. The normalized spacial score (nSPS) is 28.5. The predicted octanol–water partition coefficient (Wildman–Crippen LogP) is 2.25. The van der Waals surface area contributed by atoms with Crippen LogP contribution in [0.3, 0.4) is 0 Å². The van der Waals surface area contributed by atoms with Gasteiger partial charge in [-0.1, -0.05) is 12.8 Å². The van der Waals surface area contributed by atoms with Crippen LogP contribution in [0.5, 0.6) is 0 Å². The summed E-state index contributed by atoms with van der Waals surface area (Å²) in [6.07, 6.45) is 10.2. The topological polar surface area (TPSA) is 15.3 Å². The highest BCUT2D eigenvalue weighted by Crippen LogP contribution is 2.32. The quantitative estimate of drug-likeness (QED) is 0.741. The van der Waals surface area contributed by atoms with Crippen LogP contribution >= 0.6 is 0 Å². The van der Waals surface area contributed by atoms with E-state index in [0.717, 1.165) is 17.9 Å². The number of piperidine rings is 1. The summed E-state index contributed by atoms with van der Waals surface area (Å²) >= 11 is 0. The number of nitrogens with one attached hydrogen (secondary N) is 1. The van der Waals surface area contributed by atoms with E-state index in [4.69, 9.17) is 0 Å². The molecule has 0 amide bonds. The van der Waals surface area contributed by atoms with Gasteiger partial charge in [0.05, 0.1) is 0 Å². The Morgan fingerprint density at radius 2 is 1.56 bits per heavy atom. The van der Waals surface area contributed by atoms with E-state index in [9.17, 15) is 0 Å². The molecule has 1 aliphatic heterocycles. The average Bonchev–Trinajstić information content (AvgIpc) is 3.14. The van der Waals surface area contributed by atoms with Gasteiger partial charge in [-0.05, 0) is 63.6 Å². The SMILES string of the molecule is C(CC1CC1)NC1CCN(CC2CC2)CC1. The Bertz CT molecular complexity index is 213. The second-order valence-corrected chi connectivity index (χ2v) is 6.20. The molecule has 0 aromatic carbocycles. The molecular formula is C14H26N2. The van der Waals surface area contributed by atoms with Crippen molar-refractivity contribution in [2.24, 2.45) is 11.8 Å². The fourth-order valence-corrected chi connectivity index (χ4v) is 2.88. The van der Waals surface area contributed by atoms with Crippen LogP contribution in [0.15, 0.2) is 0 Å². The molecule has 0 aromatic heterocycles. The minimum absolute atomic E-state index is 0.828. The van der Waals surface area contributed by atoms with Gasteiger partial charge in [-0.25, -0.2) is 0 Å². The molecule has 2 saturated carbocycles. The summed E-state index contributed by atoms with van der Waals surface area (Å²) in [6.45, 7) is 5.36. The molecule has 0 unspecified atom stereocenters. The highest BCUT2D eigenvalue weighted by molar-refractivity contribution is 4.83. The van der Waals surface area contributed by atoms with Crippen LogP contribution in [0.25, 0.3) is 0 Å². The number of nitrogens with zero attached hydrogens (tertiary/aromatic N) is 1. The summed E-state index contributed by atoms with van der Waals surface area (Å²) in [5.74, 6) is 2.15. The Morgan fingerprint density at radius 1 is 0.875 bits per heavy atom. The van der Waals surface area contributed by atoms with Crippen molar-refractivity contribution in [1.29, 1.82) is 0 Å². The molecule has 0 spiro atoms. The van der Waals surface area contributed by atoms with Crippen molar-refractivity contribution in [2.75, 3.05) is 26.2 Å². The summed E-state index contributed by atoms with van der Waals surface area (Å²) in [5.41, 5.74) is 0. The van der Waals surface area contributed by atoms with E-state index in [0.29, 0.717) is 0 Å². The molecule has 2 aliphatic carbocycles. The molecule has 1 N–H and O–H groups in total. The summed E-state index contributed by atoms with van der Waals surface area (Å²) in [5, 5.41) is 3.76. The first-order valence-electron chi connectivity index (χ1n) is 7.36. The second-order valence-electron chi connectivity index (χ2n) is 6.20. The Morgan fingerprint density at radius 3 is 2.19 bits per heavy atom. The first-order chi connectivity index (χ1) is 7.90. The fourth-order valence-electron chi connectivity index (χ4n) is 2.88. The van der Waals surface area contributed by atoms with Gasteiger partial charge in [0.25, 0.3) is 0 Å². The minimum Gasteiger partial charge on any atom is -0.314 e. The molecule has 0 radical (unpaired) electrons. The van der Waals surface area contributed by atoms with Gasteiger partial charge in [0, 0.05) is 12.6 Å². The van der Waals surface area contributed by atoms with Gasteiger partial charge < -0.3 is 10.2 Å². The van der Waals surface area contributed by atoms with Crippen molar-refractivity contribution in [3.05, 3.63) is 0 Å². The zero-order valence-electron chi connectivity index (χ0n) is 10.5. The largest absolute Gasteiger partial charge is 0.314 e. The Kier molecular flexibility index (Phi) is 3.49. The molecule has 2 nitrogen and oxygen atoms in total. The number of likely N-dealkylation sites (tertiary alicyclic amines) is 1. The summed E-state index contributed by atoms with van der Waals surface area (Å²) < 4.78 is 0. The molecule has 0 bridgehead atoms. The van der Waals surface area contributed by atoms with Gasteiger partial charge in [0.2, 0.25) is 0 Å². The van der Waals surface area contributed by atoms with Crippen molar-refractivity contribution in [2.45, 2.75) is 51.0 Å². The molecule has 2 heteroatoms. The third-order valence-electron chi connectivity index (χ3n) is 4.48. The van der Waals surface area contributed by atoms with Gasteiger partial charge in [0.1, 0.15) is 0 Å². The molecule has 1 heterocycles. The van der Waals surface area contributed by atoms with E-state index < -0.39 is 0 Å². The second kappa shape index (κ2) is 5.05. The minimum atomic E-state index is 0.828. The molecule has 1 saturated heterocycles. The fraction of sp³-hybridized carbons (Fsp3) is 1.00. The lowest BCUT2D eigenvalue weighted by Crippen LogP contribution is -2.43. The first kappa shape index (κ1) is 11.0. The third-order valence-corrected chi connectivity index (χ3v) is 4.48. The maximum absolute atomic E-state index is 3.76. The number of rotatable bonds is 6. The Labute approximate surface area is 99.8 Å². The van der Waals surface area contributed by atoms with E-state index in [2.05, 4.69) is 10.2 Å². The van der Waals surface area contributed by atoms with E-state index >= 15 is 0 Å². The number of hydrogen-bond donors (Lipinski definition) is 1. The van der Waals surface area contributed by atoms with E-state index in [-0.39, 0.29) is 0 Å². The molecule has 3 aliphatic rings. The van der Waals surface area contributed by atoms with Crippen molar-refractivity contribution in [1.82, 2.24) is 10.2 Å². The number of hydrogen-bond acceptors (Lipinski definition) is 2. The van der Waals surface area contributed by atoms with E-state index in [1.807, 2.05) is 0 Å². The van der Waals surface area contributed by atoms with Crippen molar-refractivity contribution in [3.63, 3.8) is 0 Å². The first-order valence-corrected chi connectivity index (χ1v) is 7.36. The smallest absolute Gasteiger partial charge is 0.00914 e. The predicted molar refractivity (Wildman–Crippen MR) is 67.5 cm³/mol. The van der Waals surface area contributed by atoms with Crippen molar-refractivity contribution >= 4 is 0 Å². The lowest BCUT2D eigenvalue weighted by atomic mass is 10.0. The van der Waals surface area contributed by atoms with E-state index in [1.165, 1.54) is 71.1 Å². The van der Waals surface area contributed by atoms with Crippen LogP contribution in [0.1, 0.15) is 44.9 Å². The molecule has 0 aromatic rings. The van der Waals surface area contributed by atoms with Gasteiger partial charge in [-0.2, -0.15) is 0 Å². The molecule has 0 atom stereocenters. The molecular weight excluding hydrogens is 196 g/mol. The zero-order valence-corrected chi connectivity index (χ0v) is 10.5. The molecule has 3 rings (SSSR count). The van der Waals surface area contributed by atoms with Gasteiger partial charge >= 0.3 is 0 Å². The maximum atomic E-state index is 3.76. The highest BCUT2D eigenvalue weighted by Gasteiger charge is 2.27. The maximum Gasteiger partial charge on any atom is 0.00914 e. The van der Waals surface area contributed by atoms with Crippen molar-refractivity contribution < 1.29 is 0 Å². The van der Waals surface area contributed by atoms with Crippen LogP contribution in [-0.2, 0) is 0 Å². The highest BCUT2D eigenvalue weighted by atomic mass is 15.1. The Hall–Kier alpha value is -0.0800. The average molecular weight is 222 g/mol. The van der Waals surface area contributed by atoms with Crippen LogP contribution in [-0.4, -0.2) is 37.1 Å². The van der Waals surface area contributed by atoms with Crippen molar-refractivity contribution in [3.8, 4) is 0 Å². The van der Waals surface area contributed by atoms with Crippen LogP contribution in [0.2, 0.25) is 0 Å². The third kappa shape index (κ3) is 3.46. The van der Waals surface area contributed by atoms with Gasteiger partial charge in [0.15, 0.2) is 0 Å². The Balaban J connectivity index is 1.27. The lowest BCUT2D eigenvalue weighted by molar-refractivity contribution is 0.191. The van der Waals surface area contributed by atoms with Crippen LogP contribution in [0.4, 0.5) is 0 Å². The lowest BCUT2D eigenvalue weighted by Gasteiger charge is -2.32. The monoisotopic (exact) mass is 222 g/mol. The van der Waals surface area contributed by atoms with Crippen LogP contribution in [0, 0.1) is 11.8 Å².